The molecular formula is C13H19N. The Balaban J connectivity index is 1.80. The molecule has 76 valence electrons. The van der Waals surface area contributed by atoms with Crippen LogP contribution in [-0.4, -0.2) is 6.54 Å². The predicted octanol–water partition coefficient (Wildman–Crippen LogP) is 3.14. The first-order chi connectivity index (χ1) is 6.86. The highest BCUT2D eigenvalue weighted by Gasteiger charge is 2.17. The largest absolute Gasteiger partial charge is 0.310 e. The molecule has 1 fully saturated rings. The summed E-state index contributed by atoms with van der Waals surface area (Å²) in [6, 6.07) is 11.2. The van der Waals surface area contributed by atoms with Gasteiger partial charge in [-0.25, -0.2) is 0 Å². The fourth-order valence-electron chi connectivity index (χ4n) is 1.90. The second kappa shape index (κ2) is 4.61. The third kappa shape index (κ3) is 2.36. The first kappa shape index (κ1) is 9.72. The number of benzene rings is 1. The highest BCUT2D eigenvalue weighted by atomic mass is 14.9. The average Bonchev–Trinajstić information content (AvgIpc) is 2.16. The third-order valence-electron chi connectivity index (χ3n) is 3.24. The van der Waals surface area contributed by atoms with Crippen molar-refractivity contribution < 1.29 is 0 Å². The second-order valence-electron chi connectivity index (χ2n) is 4.34. The van der Waals surface area contributed by atoms with E-state index < -0.39 is 0 Å². The van der Waals surface area contributed by atoms with E-state index in [0.29, 0.717) is 6.04 Å². The Morgan fingerprint density at radius 3 is 2.57 bits per heavy atom. The molecule has 1 aromatic carbocycles. The van der Waals surface area contributed by atoms with Gasteiger partial charge in [-0.05, 0) is 37.8 Å². The van der Waals surface area contributed by atoms with E-state index in [1.165, 1.54) is 31.4 Å². The Labute approximate surface area is 86.5 Å². The van der Waals surface area contributed by atoms with Crippen LogP contribution in [0.25, 0.3) is 0 Å². The van der Waals surface area contributed by atoms with Gasteiger partial charge in [-0.2, -0.15) is 0 Å². The summed E-state index contributed by atoms with van der Waals surface area (Å²) < 4.78 is 0. The quantitative estimate of drug-likeness (QED) is 0.767. The molecule has 0 spiro atoms. The maximum atomic E-state index is 3.60. The van der Waals surface area contributed by atoms with E-state index in [4.69, 9.17) is 0 Å². The van der Waals surface area contributed by atoms with Crippen molar-refractivity contribution in [1.82, 2.24) is 5.32 Å². The number of nitrogens with one attached hydrogen (secondary N) is 1. The topological polar surface area (TPSA) is 12.0 Å². The van der Waals surface area contributed by atoms with Gasteiger partial charge in [0.05, 0.1) is 0 Å². The molecule has 14 heavy (non-hydrogen) atoms. The molecule has 1 aliphatic rings. The molecule has 1 aromatic rings. The standard InChI is InChI=1S/C13H19N/c1-11(13-8-3-2-4-9-13)14-10-12-6-5-7-12/h2-4,8-9,11-12,14H,5-7,10H2,1H3/t11-/m0/s1. The van der Waals surface area contributed by atoms with Gasteiger partial charge in [0.1, 0.15) is 0 Å². The smallest absolute Gasteiger partial charge is 0.0291 e. The molecule has 2 rings (SSSR count). The minimum absolute atomic E-state index is 0.497. The molecule has 0 bridgehead atoms. The number of hydrogen-bond donors (Lipinski definition) is 1. The van der Waals surface area contributed by atoms with Crippen molar-refractivity contribution in [3.8, 4) is 0 Å². The van der Waals surface area contributed by atoms with Gasteiger partial charge in [-0.3, -0.25) is 0 Å². The van der Waals surface area contributed by atoms with E-state index in [9.17, 15) is 0 Å². The Morgan fingerprint density at radius 2 is 2.00 bits per heavy atom. The molecule has 1 saturated carbocycles. The van der Waals surface area contributed by atoms with Crippen LogP contribution in [0.15, 0.2) is 30.3 Å². The van der Waals surface area contributed by atoms with Crippen molar-refractivity contribution in [2.24, 2.45) is 5.92 Å². The van der Waals surface area contributed by atoms with Gasteiger partial charge in [0, 0.05) is 6.04 Å². The van der Waals surface area contributed by atoms with Crippen LogP contribution < -0.4 is 5.32 Å². The zero-order valence-electron chi connectivity index (χ0n) is 8.87. The number of hydrogen-bond acceptors (Lipinski definition) is 1. The van der Waals surface area contributed by atoms with Crippen molar-refractivity contribution in [1.29, 1.82) is 0 Å². The van der Waals surface area contributed by atoms with Crippen molar-refractivity contribution >= 4 is 0 Å². The molecule has 0 aromatic heterocycles. The highest BCUT2D eigenvalue weighted by molar-refractivity contribution is 5.17. The molecule has 0 saturated heterocycles. The third-order valence-corrected chi connectivity index (χ3v) is 3.24. The maximum Gasteiger partial charge on any atom is 0.0291 e. The van der Waals surface area contributed by atoms with E-state index in [0.717, 1.165) is 5.92 Å². The summed E-state index contributed by atoms with van der Waals surface area (Å²) in [4.78, 5) is 0. The zero-order valence-corrected chi connectivity index (χ0v) is 8.87. The van der Waals surface area contributed by atoms with Gasteiger partial charge in [0.15, 0.2) is 0 Å². The summed E-state index contributed by atoms with van der Waals surface area (Å²) in [5, 5.41) is 3.60. The normalized spacial score (nSPS) is 18.9. The lowest BCUT2D eigenvalue weighted by atomic mass is 9.85. The van der Waals surface area contributed by atoms with Gasteiger partial charge in [-0.15, -0.1) is 0 Å². The second-order valence-corrected chi connectivity index (χ2v) is 4.34. The maximum absolute atomic E-state index is 3.60. The van der Waals surface area contributed by atoms with Crippen molar-refractivity contribution in [3.05, 3.63) is 35.9 Å². The van der Waals surface area contributed by atoms with E-state index in [1.54, 1.807) is 0 Å². The summed E-state index contributed by atoms with van der Waals surface area (Å²) in [7, 11) is 0. The SMILES string of the molecule is C[C@H](NCC1CCC1)c1ccccc1. The lowest BCUT2D eigenvalue weighted by Crippen LogP contribution is -2.29. The van der Waals surface area contributed by atoms with Crippen LogP contribution in [0.1, 0.15) is 37.8 Å². The Kier molecular flexibility index (Phi) is 3.20. The molecule has 1 aliphatic carbocycles. The van der Waals surface area contributed by atoms with Crippen LogP contribution in [0.4, 0.5) is 0 Å². The average molecular weight is 189 g/mol. The summed E-state index contributed by atoms with van der Waals surface area (Å²) in [5.74, 6) is 0.946. The molecule has 1 atom stereocenters. The van der Waals surface area contributed by atoms with E-state index in [1.807, 2.05) is 0 Å². The van der Waals surface area contributed by atoms with E-state index in [-0.39, 0.29) is 0 Å². The van der Waals surface area contributed by atoms with Crippen LogP contribution in [0.2, 0.25) is 0 Å². The van der Waals surface area contributed by atoms with Crippen molar-refractivity contribution in [2.75, 3.05) is 6.54 Å². The van der Waals surface area contributed by atoms with Crippen LogP contribution in [0.3, 0.4) is 0 Å². The molecule has 0 amide bonds. The zero-order chi connectivity index (χ0) is 9.80. The minimum Gasteiger partial charge on any atom is -0.310 e. The molecule has 1 nitrogen and oxygen atoms in total. The molecule has 0 radical (unpaired) electrons. The summed E-state index contributed by atoms with van der Waals surface area (Å²) in [6.07, 6.45) is 4.29. The van der Waals surface area contributed by atoms with Crippen LogP contribution in [0.5, 0.6) is 0 Å². The Hall–Kier alpha value is -0.820. The minimum atomic E-state index is 0.497. The van der Waals surface area contributed by atoms with Crippen molar-refractivity contribution in [2.45, 2.75) is 32.2 Å². The van der Waals surface area contributed by atoms with Crippen molar-refractivity contribution in [3.63, 3.8) is 0 Å². The van der Waals surface area contributed by atoms with E-state index >= 15 is 0 Å². The van der Waals surface area contributed by atoms with Gasteiger partial charge in [0.2, 0.25) is 0 Å². The van der Waals surface area contributed by atoms with Gasteiger partial charge >= 0.3 is 0 Å². The summed E-state index contributed by atoms with van der Waals surface area (Å²) in [5.41, 5.74) is 1.40. The summed E-state index contributed by atoms with van der Waals surface area (Å²) in [6.45, 7) is 3.43. The van der Waals surface area contributed by atoms with Gasteiger partial charge < -0.3 is 5.32 Å². The summed E-state index contributed by atoms with van der Waals surface area (Å²) >= 11 is 0. The van der Waals surface area contributed by atoms with Crippen LogP contribution >= 0.6 is 0 Å². The lowest BCUT2D eigenvalue weighted by molar-refractivity contribution is 0.292. The molecule has 0 heterocycles. The molecule has 1 heteroatoms. The van der Waals surface area contributed by atoms with Crippen LogP contribution in [0, 0.1) is 5.92 Å². The fraction of sp³-hybridized carbons (Fsp3) is 0.538. The van der Waals surface area contributed by atoms with E-state index in [2.05, 4.69) is 42.6 Å². The molecule has 0 aliphatic heterocycles. The fourth-order valence-corrected chi connectivity index (χ4v) is 1.90. The lowest BCUT2D eigenvalue weighted by Gasteiger charge is -2.27. The monoisotopic (exact) mass is 189 g/mol. The number of rotatable bonds is 4. The first-order valence-corrected chi connectivity index (χ1v) is 5.64. The Bertz CT molecular complexity index is 264. The van der Waals surface area contributed by atoms with Crippen LogP contribution in [-0.2, 0) is 0 Å². The first-order valence-electron chi connectivity index (χ1n) is 5.64. The predicted molar refractivity (Wildman–Crippen MR) is 60.2 cm³/mol. The molecule has 0 unspecified atom stereocenters. The molecule has 1 N–H and O–H groups in total. The molecular weight excluding hydrogens is 170 g/mol. The highest BCUT2D eigenvalue weighted by Crippen LogP contribution is 2.26. The van der Waals surface area contributed by atoms with Gasteiger partial charge in [0.25, 0.3) is 0 Å². The Morgan fingerprint density at radius 1 is 1.29 bits per heavy atom. The van der Waals surface area contributed by atoms with Gasteiger partial charge in [-0.1, -0.05) is 36.8 Å².